The van der Waals surface area contributed by atoms with Crippen molar-refractivity contribution < 1.29 is 4.42 Å². The van der Waals surface area contributed by atoms with Gasteiger partial charge in [0.2, 0.25) is 0 Å². The predicted octanol–water partition coefficient (Wildman–Crippen LogP) is 1.59. The van der Waals surface area contributed by atoms with E-state index in [0.717, 1.165) is 16.3 Å². The Hall–Kier alpha value is -3.44. The van der Waals surface area contributed by atoms with Gasteiger partial charge in [-0.3, -0.25) is 0 Å². The van der Waals surface area contributed by atoms with Crippen molar-refractivity contribution >= 4 is 18.5 Å². The molecule has 5 nitrogen and oxygen atoms in total. The smallest absolute Gasteiger partial charge is 0.127 e. The number of nitriles is 2. The zero-order chi connectivity index (χ0) is 15.9. The number of aromatic nitrogens is 1. The quantitative estimate of drug-likeness (QED) is 0.709. The standard InChI is InChI=1S/C17H12N4O/c1-9-12(6-11-4-3-5-22-11)15-10(2)14(8-19)17(20)21-16(15)13(9)7-18/h3-6,21H,1,20H2,2H3/b12-6-. The van der Waals surface area contributed by atoms with Gasteiger partial charge < -0.3 is 15.1 Å². The Kier molecular flexibility index (Phi) is 2.98. The zero-order valence-electron chi connectivity index (χ0n) is 11.9. The maximum absolute atomic E-state index is 9.41. The topological polar surface area (TPSA) is 103 Å². The van der Waals surface area contributed by atoms with Crippen molar-refractivity contribution in [1.29, 1.82) is 10.5 Å². The lowest BCUT2D eigenvalue weighted by Gasteiger charge is -2.10. The lowest BCUT2D eigenvalue weighted by Crippen LogP contribution is -2.21. The summed E-state index contributed by atoms with van der Waals surface area (Å²) in [5, 5.41) is 20.0. The van der Waals surface area contributed by atoms with Gasteiger partial charge in [-0.25, -0.2) is 0 Å². The van der Waals surface area contributed by atoms with E-state index in [9.17, 15) is 10.5 Å². The van der Waals surface area contributed by atoms with E-state index in [1.54, 1.807) is 12.3 Å². The number of nitrogens with zero attached hydrogens (tertiary/aromatic N) is 2. The number of rotatable bonds is 1. The Morgan fingerprint density at radius 1 is 1.32 bits per heavy atom. The maximum atomic E-state index is 9.41. The van der Waals surface area contributed by atoms with Crippen LogP contribution in [0.1, 0.15) is 22.5 Å². The molecule has 3 N–H and O–H groups in total. The molecule has 1 aromatic heterocycles. The second-order valence-electron chi connectivity index (χ2n) is 4.94. The highest BCUT2D eigenvalue weighted by Crippen LogP contribution is 2.28. The molecular weight excluding hydrogens is 276 g/mol. The number of fused-ring (bicyclic) bond motifs is 1. The summed E-state index contributed by atoms with van der Waals surface area (Å²) in [4.78, 5) is 2.95. The van der Waals surface area contributed by atoms with E-state index in [4.69, 9.17) is 10.2 Å². The van der Waals surface area contributed by atoms with Gasteiger partial charge in [-0.2, -0.15) is 10.5 Å². The molecule has 1 aliphatic heterocycles. The summed E-state index contributed by atoms with van der Waals surface area (Å²) in [7, 11) is 0. The van der Waals surface area contributed by atoms with Crippen LogP contribution in [-0.4, -0.2) is 4.98 Å². The molecule has 0 bridgehead atoms. The lowest BCUT2D eigenvalue weighted by molar-refractivity contribution is 0.556. The first-order chi connectivity index (χ1) is 10.6. The predicted molar refractivity (Wildman–Crippen MR) is 83.0 cm³/mol. The lowest BCUT2D eigenvalue weighted by atomic mass is 10.0. The molecule has 0 saturated carbocycles. The summed E-state index contributed by atoms with van der Waals surface area (Å²) >= 11 is 0. The van der Waals surface area contributed by atoms with Gasteiger partial charge in [0, 0.05) is 5.56 Å². The number of hydrogen-bond acceptors (Lipinski definition) is 4. The van der Waals surface area contributed by atoms with Gasteiger partial charge in [0.1, 0.15) is 23.7 Å². The molecule has 0 radical (unpaired) electrons. The number of H-pyrrole nitrogens is 1. The SMILES string of the molecule is C=c1c(C#N)c2[nH]c(N)c(C#N)c(C)c-2/c1=C\c1ccco1. The summed E-state index contributed by atoms with van der Waals surface area (Å²) in [6.45, 7) is 5.81. The van der Waals surface area contributed by atoms with Gasteiger partial charge in [-0.05, 0) is 41.1 Å². The highest BCUT2D eigenvalue weighted by atomic mass is 16.3. The molecule has 3 rings (SSSR count). The van der Waals surface area contributed by atoms with E-state index in [-0.39, 0.29) is 5.82 Å². The monoisotopic (exact) mass is 288 g/mol. The second-order valence-corrected chi connectivity index (χ2v) is 4.94. The van der Waals surface area contributed by atoms with Crippen LogP contribution in [0.4, 0.5) is 5.82 Å². The molecule has 5 heteroatoms. The van der Waals surface area contributed by atoms with E-state index in [0.29, 0.717) is 27.8 Å². The van der Waals surface area contributed by atoms with Gasteiger partial charge in [-0.1, -0.05) is 6.58 Å². The number of pyridine rings is 1. The Bertz CT molecular complexity index is 1030. The van der Waals surface area contributed by atoms with E-state index < -0.39 is 0 Å². The summed E-state index contributed by atoms with van der Waals surface area (Å²) in [6, 6.07) is 7.83. The van der Waals surface area contributed by atoms with Crippen LogP contribution in [0.5, 0.6) is 0 Å². The summed E-state index contributed by atoms with van der Waals surface area (Å²) in [5.41, 5.74) is 8.76. The number of hydrogen-bond donors (Lipinski definition) is 2. The fraction of sp³-hybridized carbons (Fsp3) is 0.0588. The fourth-order valence-electron chi connectivity index (χ4n) is 2.68. The van der Waals surface area contributed by atoms with Crippen LogP contribution >= 0.6 is 0 Å². The van der Waals surface area contributed by atoms with Crippen molar-refractivity contribution in [2.24, 2.45) is 0 Å². The van der Waals surface area contributed by atoms with E-state index in [1.807, 2.05) is 19.1 Å². The molecule has 0 unspecified atom stereocenters. The largest absolute Gasteiger partial charge is 0.465 e. The molecule has 0 atom stereocenters. The molecule has 0 spiro atoms. The number of furan rings is 1. The first-order valence-corrected chi connectivity index (χ1v) is 6.56. The molecule has 2 aliphatic rings. The number of nitrogens with one attached hydrogen (secondary N) is 1. The average Bonchev–Trinajstić information content (AvgIpc) is 3.07. The third-order valence-corrected chi connectivity index (χ3v) is 3.73. The molecule has 22 heavy (non-hydrogen) atoms. The Labute approximate surface area is 126 Å². The summed E-state index contributed by atoms with van der Waals surface area (Å²) < 4.78 is 5.34. The molecule has 0 aromatic carbocycles. The van der Waals surface area contributed by atoms with E-state index in [2.05, 4.69) is 23.7 Å². The first-order valence-electron chi connectivity index (χ1n) is 6.56. The molecule has 0 saturated heterocycles. The van der Waals surface area contributed by atoms with Crippen molar-refractivity contribution in [3.8, 4) is 23.4 Å². The van der Waals surface area contributed by atoms with Crippen LogP contribution < -0.4 is 16.2 Å². The number of anilines is 1. The van der Waals surface area contributed by atoms with Crippen LogP contribution in [-0.2, 0) is 0 Å². The van der Waals surface area contributed by atoms with Crippen molar-refractivity contribution in [2.45, 2.75) is 6.92 Å². The molecule has 0 fully saturated rings. The Morgan fingerprint density at radius 3 is 2.64 bits per heavy atom. The molecule has 106 valence electrons. The fourth-order valence-corrected chi connectivity index (χ4v) is 2.68. The number of nitrogen functional groups attached to an aromatic ring is 1. The van der Waals surface area contributed by atoms with Gasteiger partial charge in [0.05, 0.1) is 23.1 Å². The molecule has 0 amide bonds. The van der Waals surface area contributed by atoms with Gasteiger partial charge in [-0.15, -0.1) is 0 Å². The Morgan fingerprint density at radius 2 is 2.05 bits per heavy atom. The zero-order valence-corrected chi connectivity index (χ0v) is 11.9. The average molecular weight is 288 g/mol. The van der Waals surface area contributed by atoms with Crippen LogP contribution in [0.2, 0.25) is 0 Å². The van der Waals surface area contributed by atoms with Crippen molar-refractivity contribution in [2.75, 3.05) is 5.73 Å². The third kappa shape index (κ3) is 1.77. The van der Waals surface area contributed by atoms with Crippen LogP contribution in [0, 0.1) is 29.6 Å². The minimum absolute atomic E-state index is 0.249. The third-order valence-electron chi connectivity index (χ3n) is 3.73. The minimum atomic E-state index is 0.249. The summed E-state index contributed by atoms with van der Waals surface area (Å²) in [5.74, 6) is 0.898. The molecule has 2 heterocycles. The number of nitrogens with two attached hydrogens (primary N) is 1. The van der Waals surface area contributed by atoms with Gasteiger partial charge in [0.15, 0.2) is 0 Å². The first kappa shape index (κ1) is 13.5. The van der Waals surface area contributed by atoms with Crippen LogP contribution in [0.25, 0.3) is 23.9 Å². The maximum Gasteiger partial charge on any atom is 0.127 e. The van der Waals surface area contributed by atoms with E-state index >= 15 is 0 Å². The van der Waals surface area contributed by atoms with Gasteiger partial charge in [0.25, 0.3) is 0 Å². The molecule has 1 aliphatic carbocycles. The van der Waals surface area contributed by atoms with Crippen molar-refractivity contribution in [3.05, 3.63) is 51.3 Å². The molecular formula is C17H12N4O. The number of aromatic amines is 1. The van der Waals surface area contributed by atoms with Crippen molar-refractivity contribution in [3.63, 3.8) is 0 Å². The highest BCUT2D eigenvalue weighted by Gasteiger charge is 2.21. The molecule has 1 aromatic rings. The highest BCUT2D eigenvalue weighted by molar-refractivity contribution is 5.81. The van der Waals surface area contributed by atoms with Crippen molar-refractivity contribution in [1.82, 2.24) is 4.98 Å². The minimum Gasteiger partial charge on any atom is -0.465 e. The normalized spacial score (nSPS) is 11.5. The van der Waals surface area contributed by atoms with Crippen LogP contribution in [0.3, 0.4) is 0 Å². The second kappa shape index (κ2) is 4.83. The summed E-state index contributed by atoms with van der Waals surface area (Å²) in [6.07, 6.45) is 3.38. The Balaban J connectivity index is 2.55. The van der Waals surface area contributed by atoms with E-state index in [1.165, 1.54) is 0 Å². The van der Waals surface area contributed by atoms with Crippen LogP contribution in [0.15, 0.2) is 22.8 Å². The van der Waals surface area contributed by atoms with Gasteiger partial charge >= 0.3 is 0 Å².